The maximum atomic E-state index is 9.73. The third-order valence-corrected chi connectivity index (χ3v) is 0.575. The molecule has 6 heteroatoms. The summed E-state index contributed by atoms with van der Waals surface area (Å²) >= 11 is 0. The lowest BCUT2D eigenvalue weighted by molar-refractivity contribution is -0.394. The van der Waals surface area contributed by atoms with Gasteiger partial charge in [0.2, 0.25) is 6.33 Å². The molecule has 0 unspecified atom stereocenters. The van der Waals surface area contributed by atoms with Crippen LogP contribution in [0.25, 0.3) is 0 Å². The predicted molar refractivity (Wildman–Crippen MR) is 34.4 cm³/mol. The van der Waals surface area contributed by atoms with E-state index < -0.39 is 4.92 Å². The van der Waals surface area contributed by atoms with Gasteiger partial charge in [-0.2, -0.15) is 0 Å². The van der Waals surface area contributed by atoms with E-state index >= 15 is 0 Å². The molecule has 10 heavy (non-hydrogen) atoms. The van der Waals surface area contributed by atoms with E-state index in [0.29, 0.717) is 0 Å². The molecule has 0 aromatic carbocycles. The summed E-state index contributed by atoms with van der Waals surface area (Å²) in [5, 5.41) is 15.1. The van der Waals surface area contributed by atoms with Gasteiger partial charge in [-0.15, -0.1) is 5.10 Å². The van der Waals surface area contributed by atoms with Gasteiger partial charge in [-0.05, 0) is 4.92 Å². The topological polar surface area (TPSA) is 84.7 Å². The number of H-pyrrole nitrogens is 1. The molecular formula is C4H8N4O2. The highest BCUT2D eigenvalue weighted by atomic mass is 16.6. The van der Waals surface area contributed by atoms with E-state index in [1.54, 1.807) is 0 Å². The zero-order valence-corrected chi connectivity index (χ0v) is 5.74. The molecule has 0 aliphatic heterocycles. The highest BCUT2D eigenvalue weighted by Crippen LogP contribution is 1.93. The highest BCUT2D eigenvalue weighted by Gasteiger charge is 2.02. The smallest absolute Gasteiger partial charge is 0.390 e. The first-order valence-corrected chi connectivity index (χ1v) is 2.80. The second-order valence-electron chi connectivity index (χ2n) is 1.07. The zero-order chi connectivity index (χ0) is 7.98. The Labute approximate surface area is 57.4 Å². The largest absolute Gasteiger partial charge is 0.453 e. The van der Waals surface area contributed by atoms with E-state index in [0.717, 1.165) is 6.33 Å². The van der Waals surface area contributed by atoms with Gasteiger partial charge in [0.25, 0.3) is 0 Å². The van der Waals surface area contributed by atoms with Gasteiger partial charge in [0.15, 0.2) is 0 Å². The van der Waals surface area contributed by atoms with Gasteiger partial charge in [0.05, 0.1) is 0 Å². The van der Waals surface area contributed by atoms with Crippen LogP contribution in [0.2, 0.25) is 0 Å². The van der Waals surface area contributed by atoms with Crippen LogP contribution in [0.5, 0.6) is 0 Å². The van der Waals surface area contributed by atoms with Crippen molar-refractivity contribution in [2.45, 2.75) is 13.8 Å². The molecule has 1 N–H and O–H groups in total. The second kappa shape index (κ2) is 4.42. The maximum absolute atomic E-state index is 9.73. The summed E-state index contributed by atoms with van der Waals surface area (Å²) in [6, 6.07) is 0. The molecule has 6 nitrogen and oxygen atoms in total. The lowest BCUT2D eigenvalue weighted by Crippen LogP contribution is -1.88. The van der Waals surface area contributed by atoms with Gasteiger partial charge in [-0.1, -0.05) is 23.9 Å². The number of hydrogen-bond acceptors (Lipinski definition) is 4. The van der Waals surface area contributed by atoms with Crippen molar-refractivity contribution in [3.05, 3.63) is 16.4 Å². The van der Waals surface area contributed by atoms with Crippen LogP contribution < -0.4 is 0 Å². The molecule has 1 aromatic rings. The van der Waals surface area contributed by atoms with Crippen LogP contribution in [-0.4, -0.2) is 20.1 Å². The van der Waals surface area contributed by atoms with Crippen LogP contribution in [0, 0.1) is 10.1 Å². The quantitative estimate of drug-likeness (QED) is 0.465. The predicted octanol–water partition coefficient (Wildman–Crippen LogP) is 0.739. The van der Waals surface area contributed by atoms with Crippen LogP contribution in [0.1, 0.15) is 13.8 Å². The fourth-order valence-corrected chi connectivity index (χ4v) is 0.287. The summed E-state index contributed by atoms with van der Waals surface area (Å²) in [7, 11) is 0. The van der Waals surface area contributed by atoms with Gasteiger partial charge >= 0.3 is 5.95 Å². The van der Waals surface area contributed by atoms with Crippen molar-refractivity contribution in [2.75, 3.05) is 0 Å². The average molecular weight is 144 g/mol. The summed E-state index contributed by atoms with van der Waals surface area (Å²) in [6.07, 6.45) is 1.08. The average Bonchev–Trinajstić information content (AvgIpc) is 2.42. The van der Waals surface area contributed by atoms with Gasteiger partial charge in [-0.25, -0.2) is 0 Å². The van der Waals surface area contributed by atoms with E-state index in [4.69, 9.17) is 0 Å². The van der Waals surface area contributed by atoms with Gasteiger partial charge in [0, 0.05) is 0 Å². The van der Waals surface area contributed by atoms with Gasteiger partial charge < -0.3 is 10.1 Å². The molecule has 0 amide bonds. The summed E-state index contributed by atoms with van der Waals surface area (Å²) in [5.41, 5.74) is 0. The monoisotopic (exact) mass is 144 g/mol. The molecule has 1 aromatic heterocycles. The fourth-order valence-electron chi connectivity index (χ4n) is 0.287. The standard InChI is InChI=1S/C2H2N4O2.C2H6/c7-6(8)2-3-1-4-5-2;1-2/h1H,(H,3,4,5);1-2H3. The Hall–Kier alpha value is -1.46. The Bertz CT molecular complexity index is 183. The lowest BCUT2D eigenvalue weighted by atomic mass is 11.0. The Balaban J connectivity index is 0.000000371. The lowest BCUT2D eigenvalue weighted by Gasteiger charge is -1.82. The Morgan fingerprint density at radius 2 is 2.30 bits per heavy atom. The molecule has 56 valence electrons. The van der Waals surface area contributed by atoms with E-state index in [1.807, 2.05) is 13.8 Å². The van der Waals surface area contributed by atoms with Crippen LogP contribution >= 0.6 is 0 Å². The van der Waals surface area contributed by atoms with Crippen LogP contribution in [-0.2, 0) is 0 Å². The third kappa shape index (κ3) is 2.21. The molecule has 0 aliphatic carbocycles. The summed E-state index contributed by atoms with van der Waals surface area (Å²) < 4.78 is 0. The second-order valence-corrected chi connectivity index (χ2v) is 1.07. The molecule has 1 rings (SSSR count). The molecule has 0 saturated carbocycles. The fraction of sp³-hybridized carbons (Fsp3) is 0.500. The number of nitrogens with zero attached hydrogens (tertiary/aromatic N) is 3. The number of aromatic nitrogens is 3. The SMILES string of the molecule is CC.O=[N+]([O-])c1ncn[nH]1. The number of rotatable bonds is 1. The first-order chi connectivity index (χ1) is 4.80. The van der Waals surface area contributed by atoms with E-state index in [1.165, 1.54) is 0 Å². The Kier molecular flexibility index (Phi) is 3.78. The van der Waals surface area contributed by atoms with E-state index in [-0.39, 0.29) is 5.95 Å². The van der Waals surface area contributed by atoms with Crippen molar-refractivity contribution in [2.24, 2.45) is 0 Å². The van der Waals surface area contributed by atoms with Crippen molar-refractivity contribution in [3.63, 3.8) is 0 Å². The van der Waals surface area contributed by atoms with Crippen molar-refractivity contribution in [3.8, 4) is 0 Å². The number of hydrogen-bond donors (Lipinski definition) is 1. The van der Waals surface area contributed by atoms with Crippen molar-refractivity contribution >= 4 is 5.95 Å². The van der Waals surface area contributed by atoms with Crippen molar-refractivity contribution in [1.82, 2.24) is 15.2 Å². The van der Waals surface area contributed by atoms with Crippen LogP contribution in [0.3, 0.4) is 0 Å². The van der Waals surface area contributed by atoms with Crippen LogP contribution in [0.15, 0.2) is 6.33 Å². The zero-order valence-electron chi connectivity index (χ0n) is 5.74. The molecule has 0 spiro atoms. The third-order valence-electron chi connectivity index (χ3n) is 0.575. The first kappa shape index (κ1) is 8.54. The summed E-state index contributed by atoms with van der Waals surface area (Å²) in [5.74, 6) is -0.329. The molecule has 0 saturated heterocycles. The van der Waals surface area contributed by atoms with E-state index in [9.17, 15) is 10.1 Å². The normalized spacial score (nSPS) is 7.80. The molecule has 0 aliphatic rings. The molecule has 0 atom stereocenters. The van der Waals surface area contributed by atoms with Gasteiger partial charge in [-0.3, -0.25) is 0 Å². The van der Waals surface area contributed by atoms with E-state index in [2.05, 4.69) is 15.2 Å². The number of aromatic amines is 1. The Morgan fingerprint density at radius 1 is 1.70 bits per heavy atom. The molecule has 0 fully saturated rings. The number of nitrogens with one attached hydrogen (secondary N) is 1. The van der Waals surface area contributed by atoms with Crippen molar-refractivity contribution < 1.29 is 4.92 Å². The molecule has 0 radical (unpaired) electrons. The van der Waals surface area contributed by atoms with Crippen LogP contribution in [0.4, 0.5) is 5.95 Å². The molecule has 0 bridgehead atoms. The minimum atomic E-state index is -0.646. The molecule has 1 heterocycles. The Morgan fingerprint density at radius 3 is 2.50 bits per heavy atom. The summed E-state index contributed by atoms with van der Waals surface area (Å²) in [6.45, 7) is 4.00. The first-order valence-electron chi connectivity index (χ1n) is 2.80. The van der Waals surface area contributed by atoms with Crippen molar-refractivity contribution in [1.29, 1.82) is 0 Å². The van der Waals surface area contributed by atoms with Gasteiger partial charge in [0.1, 0.15) is 0 Å². The molecular weight excluding hydrogens is 136 g/mol. The highest BCUT2D eigenvalue weighted by molar-refractivity contribution is 4.94. The maximum Gasteiger partial charge on any atom is 0.453 e. The summed E-state index contributed by atoms with van der Waals surface area (Å²) in [4.78, 5) is 12.3. The minimum Gasteiger partial charge on any atom is -0.390 e. The number of nitro groups is 1. The minimum absolute atomic E-state index is 0.329.